The van der Waals surface area contributed by atoms with Gasteiger partial charge < -0.3 is 0 Å². The van der Waals surface area contributed by atoms with Crippen LogP contribution in [-0.4, -0.2) is 35.7 Å². The number of alkyl halides is 2. The van der Waals surface area contributed by atoms with Crippen molar-refractivity contribution in [2.75, 3.05) is 0 Å². The van der Waals surface area contributed by atoms with Crippen molar-refractivity contribution in [3.8, 4) is 0 Å². The van der Waals surface area contributed by atoms with Gasteiger partial charge in [0.05, 0.1) is 0 Å². The van der Waals surface area contributed by atoms with Gasteiger partial charge in [0, 0.05) is 8.15 Å². The quantitative estimate of drug-likeness (QED) is 0.193. The summed E-state index contributed by atoms with van der Waals surface area (Å²) in [4.78, 5) is 0. The monoisotopic (exact) mass is 667 g/mol. The van der Waals surface area contributed by atoms with Crippen molar-refractivity contribution < 1.29 is 0 Å². The zero-order valence-corrected chi connectivity index (χ0v) is 22.3. The largest absolute Gasteiger partial charge is 0.249 e. The summed E-state index contributed by atoms with van der Waals surface area (Å²) in [7, 11) is -1.53. The van der Waals surface area contributed by atoms with Gasteiger partial charge in [-0.2, -0.15) is 11.1 Å². The molecule has 2 heterocycles. The molecule has 0 aromatic rings. The Morgan fingerprint density at radius 2 is 1.44 bits per heavy atom. The molecule has 16 heavy (non-hydrogen) atoms. The number of rotatable bonds is 0. The van der Waals surface area contributed by atoms with E-state index in [-0.39, 0.29) is 0 Å². The first kappa shape index (κ1) is 18.2. The highest BCUT2D eigenvalue weighted by Gasteiger charge is 2.54. The van der Waals surface area contributed by atoms with Gasteiger partial charge in [-0.1, -0.05) is 31.9 Å². The van der Waals surface area contributed by atoms with Crippen molar-refractivity contribution in [1.82, 2.24) is 0 Å². The molecule has 0 aliphatic carbocycles. The average molecular weight is 674 g/mol. The molecular weight excluding hydrogens is 666 g/mol. The van der Waals surface area contributed by atoms with Gasteiger partial charge in [-0.3, -0.25) is 0 Å². The van der Waals surface area contributed by atoms with E-state index < -0.39 is 27.5 Å². The van der Waals surface area contributed by atoms with Crippen LogP contribution in [0.4, 0.5) is 0 Å². The van der Waals surface area contributed by atoms with Crippen LogP contribution in [0, 0.1) is 0 Å². The van der Waals surface area contributed by atoms with E-state index in [9.17, 15) is 0 Å². The standard InChI is InChI=1S/C2H4Br3ClSi2.C2H4Br2Cl2Si2/c3-1-7(5)2(4)8(1)6;3-7(4)1-8(5,6)2-7/h1-2,7-8H;1-2H2. The zero-order valence-electron chi connectivity index (χ0n) is 7.75. The molecule has 2 aliphatic heterocycles. The number of hydrogen-bond acceptors (Lipinski definition) is 0. The highest BCUT2D eigenvalue weighted by molar-refractivity contribution is 9.51. The summed E-state index contributed by atoms with van der Waals surface area (Å²) in [6.45, 7) is -1.67. The topological polar surface area (TPSA) is 0 Å². The van der Waals surface area contributed by atoms with E-state index in [1.54, 1.807) is 0 Å². The van der Waals surface area contributed by atoms with E-state index in [0.717, 1.165) is 11.3 Å². The summed E-state index contributed by atoms with van der Waals surface area (Å²) in [6.07, 6.45) is 0. The molecule has 0 N–H and O–H groups in total. The SMILES string of the molecule is Cl[SiH]1C(Br)[SiH](Br)C1Br.Cl[Si]1(Cl)C[Si](Br)(Br)C1. The van der Waals surface area contributed by atoms with E-state index in [1.807, 2.05) is 0 Å². The summed E-state index contributed by atoms with van der Waals surface area (Å²) < 4.78 is 1.40. The van der Waals surface area contributed by atoms with Crippen LogP contribution in [0.2, 0.25) is 11.3 Å². The first-order chi connectivity index (χ1) is 7.06. The Labute approximate surface area is 155 Å². The van der Waals surface area contributed by atoms with E-state index in [4.69, 9.17) is 33.2 Å². The Kier molecular flexibility index (Phi) is 7.88. The second kappa shape index (κ2) is 6.93. The molecule has 0 radical (unpaired) electrons. The third kappa shape index (κ3) is 5.16. The minimum Gasteiger partial charge on any atom is -0.170 e. The molecule has 2 unspecified atom stereocenters. The van der Waals surface area contributed by atoms with Crippen molar-refractivity contribution in [2.24, 2.45) is 0 Å². The molecule has 0 aromatic heterocycles. The molecular formula is C4H8Br5Cl3Si4. The van der Waals surface area contributed by atoms with E-state index in [1.165, 1.54) is 0 Å². The van der Waals surface area contributed by atoms with E-state index in [0.29, 0.717) is 8.15 Å². The van der Waals surface area contributed by atoms with Crippen LogP contribution in [0.3, 0.4) is 0 Å². The first-order valence-corrected chi connectivity index (χ1v) is 25.2. The van der Waals surface area contributed by atoms with Crippen molar-refractivity contribution in [3.05, 3.63) is 0 Å². The normalized spacial score (nSPS) is 43.5. The molecule has 2 aliphatic rings. The van der Waals surface area contributed by atoms with Gasteiger partial charge in [-0.15, -0.1) is 68.0 Å². The molecule has 2 rings (SSSR count). The van der Waals surface area contributed by atoms with Gasteiger partial charge in [0.15, 0.2) is 8.11 Å². The fraction of sp³-hybridized carbons (Fsp3) is 1.00. The van der Waals surface area contributed by atoms with Crippen LogP contribution in [0.15, 0.2) is 0 Å². The van der Waals surface area contributed by atoms with E-state index >= 15 is 0 Å². The molecule has 12 heteroatoms. The Bertz CT molecular complexity index is 214. The molecule has 2 atom stereocenters. The van der Waals surface area contributed by atoms with Crippen molar-refractivity contribution in [3.63, 3.8) is 0 Å². The van der Waals surface area contributed by atoms with Crippen molar-refractivity contribution in [2.45, 2.75) is 19.5 Å². The van der Waals surface area contributed by atoms with Crippen LogP contribution >= 0.6 is 111 Å². The summed E-state index contributed by atoms with van der Waals surface area (Å²) in [6, 6.07) is 0. The lowest BCUT2D eigenvalue weighted by Crippen LogP contribution is -2.59. The Morgan fingerprint density at radius 3 is 1.50 bits per heavy atom. The van der Waals surface area contributed by atoms with Crippen LogP contribution in [0.5, 0.6) is 0 Å². The van der Waals surface area contributed by atoms with Gasteiger partial charge in [0.2, 0.25) is 12.0 Å². The fourth-order valence-corrected chi connectivity index (χ4v) is 70.6. The van der Waals surface area contributed by atoms with Gasteiger partial charge in [-0.05, 0) is 11.3 Å². The molecule has 0 spiro atoms. The predicted molar refractivity (Wildman–Crippen MR) is 105 cm³/mol. The van der Waals surface area contributed by atoms with Gasteiger partial charge in [0.25, 0.3) is 0 Å². The molecule has 2 saturated heterocycles. The highest BCUT2D eigenvalue weighted by Crippen LogP contribution is 2.52. The average Bonchev–Trinajstić information content (AvgIpc) is 2.11. The molecule has 96 valence electrons. The number of hydrogen-bond donors (Lipinski definition) is 0. The van der Waals surface area contributed by atoms with Crippen LogP contribution in [-0.2, 0) is 0 Å². The Morgan fingerprint density at radius 1 is 1.06 bits per heavy atom. The van der Waals surface area contributed by atoms with Crippen molar-refractivity contribution >= 4 is 139 Å². The summed E-state index contributed by atoms with van der Waals surface area (Å²) in [5.41, 5.74) is 2.09. The lowest BCUT2D eigenvalue weighted by Gasteiger charge is -2.37. The van der Waals surface area contributed by atoms with E-state index in [2.05, 4.69) is 77.7 Å². The number of halogens is 8. The highest BCUT2D eigenvalue weighted by atomic mass is 79.9. The molecule has 0 bridgehead atoms. The van der Waals surface area contributed by atoms with Crippen LogP contribution in [0.25, 0.3) is 0 Å². The Hall–Kier alpha value is 4.14. The second-order valence-electron chi connectivity index (χ2n) is 3.84. The lowest BCUT2D eigenvalue weighted by molar-refractivity contribution is 1.59. The summed E-state index contributed by atoms with van der Waals surface area (Å²) in [5.74, 6) is 0. The third-order valence-electron chi connectivity index (χ3n) is 2.25. The lowest BCUT2D eigenvalue weighted by atomic mass is 11.8. The predicted octanol–water partition coefficient (Wildman–Crippen LogP) is 5.00. The van der Waals surface area contributed by atoms with Crippen molar-refractivity contribution in [1.29, 1.82) is 0 Å². The molecule has 0 nitrogen and oxygen atoms in total. The van der Waals surface area contributed by atoms with Crippen LogP contribution in [0.1, 0.15) is 0 Å². The maximum absolute atomic E-state index is 5.99. The Balaban J connectivity index is 0.000000160. The fourth-order valence-electron chi connectivity index (χ4n) is 1.26. The van der Waals surface area contributed by atoms with Gasteiger partial charge >= 0.3 is 0 Å². The zero-order chi connectivity index (χ0) is 12.7. The molecule has 2 fully saturated rings. The molecule has 0 saturated carbocycles. The smallest absolute Gasteiger partial charge is 0.170 e. The van der Waals surface area contributed by atoms with Crippen LogP contribution < -0.4 is 0 Å². The minimum absolute atomic E-state index is 0.640. The second-order valence-corrected chi connectivity index (χ2v) is 44.2. The summed E-state index contributed by atoms with van der Waals surface area (Å²) in [5, 5.41) is -1.16. The maximum Gasteiger partial charge on any atom is 0.249 e. The first-order valence-electron chi connectivity index (χ1n) is 4.38. The third-order valence-corrected chi connectivity index (χ3v) is 55.6. The minimum atomic E-state index is -1.67. The molecule has 0 amide bonds. The summed E-state index contributed by atoms with van der Waals surface area (Å²) >= 11 is 35.6. The molecule has 0 aromatic carbocycles. The van der Waals surface area contributed by atoms with Gasteiger partial charge in [-0.25, -0.2) is 0 Å². The van der Waals surface area contributed by atoms with Gasteiger partial charge in [0.1, 0.15) is 7.42 Å². The maximum atomic E-state index is 5.99.